The molecule has 1 aromatic heterocycles. The highest BCUT2D eigenvalue weighted by molar-refractivity contribution is 6.27. The number of aliphatic carboxylic acids is 1. The van der Waals surface area contributed by atoms with Gasteiger partial charge in [0.15, 0.2) is 0 Å². The Hall–Kier alpha value is -5.89. The van der Waals surface area contributed by atoms with Crippen LogP contribution in [0.1, 0.15) is 54.4 Å². The summed E-state index contributed by atoms with van der Waals surface area (Å²) < 4.78 is 0. The predicted octanol–water partition coefficient (Wildman–Crippen LogP) is 3.22. The number of aromatic amines is 1. The number of nitrogens with one attached hydrogen (secondary N) is 5. The molecule has 14 nitrogen and oxygen atoms in total. The van der Waals surface area contributed by atoms with Gasteiger partial charge in [-0.25, -0.2) is 0 Å². The maximum absolute atomic E-state index is 14.4. The zero-order valence-electron chi connectivity index (χ0n) is 31.1. The molecule has 296 valence electrons. The molecule has 4 atom stereocenters. The molecule has 0 saturated carbocycles. The first-order chi connectivity index (χ1) is 26.9. The Morgan fingerprint density at radius 3 is 2.25 bits per heavy atom. The Kier molecular flexibility index (Phi) is 14.5. The normalized spacial score (nSPS) is 15.6. The van der Waals surface area contributed by atoms with E-state index in [1.807, 2.05) is 55.5 Å². The summed E-state index contributed by atoms with van der Waals surface area (Å²) in [5.41, 5.74) is 4.16. The average molecular weight is 787 g/mol. The first-order valence-electron chi connectivity index (χ1n) is 18.6. The van der Waals surface area contributed by atoms with Crippen LogP contribution in [0.5, 0.6) is 5.75 Å². The number of benzene rings is 3. The molecular weight excluding hydrogens is 740 g/mol. The summed E-state index contributed by atoms with van der Waals surface area (Å²) in [7, 11) is 0. The number of phenols is 1. The highest BCUT2D eigenvalue weighted by Gasteiger charge is 2.38. The molecular formula is C41H47ClN6O8. The molecule has 0 aliphatic carbocycles. The van der Waals surface area contributed by atoms with Crippen LogP contribution in [0.15, 0.2) is 79.0 Å². The number of H-pyrrole nitrogens is 1. The number of nitrogens with zero attached hydrogens (tertiary/aromatic N) is 1. The molecule has 5 amide bonds. The van der Waals surface area contributed by atoms with Crippen molar-refractivity contribution in [3.63, 3.8) is 0 Å². The number of para-hydroxylation sites is 1. The number of phenolic OH excluding ortho intramolecular Hbond substituents is 1. The molecule has 1 aliphatic heterocycles. The second kappa shape index (κ2) is 19.6. The van der Waals surface area contributed by atoms with Gasteiger partial charge in [0.1, 0.15) is 35.8 Å². The number of piperidine rings is 1. The zero-order valence-corrected chi connectivity index (χ0v) is 31.8. The van der Waals surface area contributed by atoms with Gasteiger partial charge in [-0.1, -0.05) is 60.2 Å². The van der Waals surface area contributed by atoms with Crippen molar-refractivity contribution < 1.29 is 39.0 Å². The Bertz CT molecular complexity index is 2020. The molecule has 1 saturated heterocycles. The molecule has 3 unspecified atom stereocenters. The molecule has 56 heavy (non-hydrogen) atoms. The minimum atomic E-state index is -1.23. The Morgan fingerprint density at radius 2 is 1.54 bits per heavy atom. The number of aromatic hydroxyl groups is 1. The second-order valence-corrected chi connectivity index (χ2v) is 14.3. The second-order valence-electron chi connectivity index (χ2n) is 14.0. The third kappa shape index (κ3) is 11.3. The van der Waals surface area contributed by atoms with E-state index in [4.69, 9.17) is 11.6 Å². The first kappa shape index (κ1) is 41.3. The van der Waals surface area contributed by atoms with Gasteiger partial charge < -0.3 is 41.4 Å². The standard InChI is InChI=1S/C41H47ClN6O8/c1-25-9-11-27(12-10-25)23-44-38(53)33(20-26-13-15-29(49)16-14-26)46-39(54)34(21-28-24-43-31-7-3-2-6-30(28)31)47-40(55)35-8-4-5-19-48(35)41(56)32(17-18-37(51)52)45-36(50)22-42/h2-3,6-7,9-16,24,32-35,43,49H,4-5,8,17-23H2,1H3,(H,44,53)(H,45,50)(H,46,54)(H,47,55)(H,51,52)/t32?,33?,34?,35-/m0/s1. The topological polar surface area (TPSA) is 210 Å². The first-order valence-corrected chi connectivity index (χ1v) is 19.1. The van der Waals surface area contributed by atoms with E-state index in [-0.39, 0.29) is 44.5 Å². The number of carboxylic acids is 1. The highest BCUT2D eigenvalue weighted by Crippen LogP contribution is 2.22. The number of hydrogen-bond acceptors (Lipinski definition) is 7. The Morgan fingerprint density at radius 1 is 0.839 bits per heavy atom. The number of rotatable bonds is 17. The maximum atomic E-state index is 14.4. The molecule has 0 spiro atoms. The number of alkyl halides is 1. The number of fused-ring (bicyclic) bond motifs is 1. The minimum Gasteiger partial charge on any atom is -0.508 e. The van der Waals surface area contributed by atoms with E-state index in [1.54, 1.807) is 18.3 Å². The zero-order chi connectivity index (χ0) is 40.2. The fourth-order valence-corrected chi connectivity index (χ4v) is 6.87. The van der Waals surface area contributed by atoms with Gasteiger partial charge in [-0.2, -0.15) is 0 Å². The van der Waals surface area contributed by atoms with Gasteiger partial charge >= 0.3 is 5.97 Å². The van der Waals surface area contributed by atoms with Gasteiger partial charge in [-0.15, -0.1) is 11.6 Å². The van der Waals surface area contributed by atoms with Crippen molar-refractivity contribution in [1.29, 1.82) is 0 Å². The van der Waals surface area contributed by atoms with Crippen LogP contribution in [-0.4, -0.2) is 92.2 Å². The van der Waals surface area contributed by atoms with Crippen LogP contribution in [0.25, 0.3) is 10.9 Å². The van der Waals surface area contributed by atoms with Crippen LogP contribution in [-0.2, 0) is 48.2 Å². The SMILES string of the molecule is Cc1ccc(CNC(=O)C(Cc2ccc(O)cc2)NC(=O)C(Cc2c[nH]c3ccccc23)NC(=O)[C@@H]2CCCCN2C(=O)C(CCC(=O)O)NC(=O)CCl)cc1. The molecule has 1 aliphatic rings. The number of aryl methyl sites for hydroxylation is 1. The Balaban J connectivity index is 1.41. The lowest BCUT2D eigenvalue weighted by molar-refractivity contribution is -0.146. The summed E-state index contributed by atoms with van der Waals surface area (Å²) in [6, 6.07) is 16.9. The fourth-order valence-electron chi connectivity index (χ4n) is 6.79. The lowest BCUT2D eigenvalue weighted by atomic mass is 9.97. The van der Waals surface area contributed by atoms with Crippen molar-refractivity contribution in [3.05, 3.63) is 101 Å². The van der Waals surface area contributed by atoms with Gasteiger partial charge in [-0.3, -0.25) is 28.8 Å². The van der Waals surface area contributed by atoms with Crippen molar-refractivity contribution >= 4 is 58.0 Å². The third-order valence-electron chi connectivity index (χ3n) is 9.82. The number of carbonyl (C=O) groups is 6. The molecule has 0 radical (unpaired) electrons. The summed E-state index contributed by atoms with van der Waals surface area (Å²) in [6.07, 6.45) is 2.69. The van der Waals surface area contributed by atoms with Crippen LogP contribution in [0, 0.1) is 6.92 Å². The number of carbonyl (C=O) groups excluding carboxylic acids is 5. The van der Waals surface area contributed by atoms with E-state index in [9.17, 15) is 39.0 Å². The monoisotopic (exact) mass is 786 g/mol. The third-order valence-corrected chi connectivity index (χ3v) is 10.1. The lowest BCUT2D eigenvalue weighted by Gasteiger charge is -2.37. The van der Waals surface area contributed by atoms with Gasteiger partial charge in [0, 0.05) is 49.5 Å². The van der Waals surface area contributed by atoms with Gasteiger partial charge in [-0.05, 0) is 67.5 Å². The van der Waals surface area contributed by atoms with Crippen molar-refractivity contribution in [3.8, 4) is 5.75 Å². The Labute approximate surface area is 329 Å². The van der Waals surface area contributed by atoms with Crippen molar-refractivity contribution in [2.24, 2.45) is 0 Å². The van der Waals surface area contributed by atoms with Gasteiger partial charge in [0.2, 0.25) is 29.5 Å². The summed E-state index contributed by atoms with van der Waals surface area (Å²) in [6.45, 7) is 2.34. The molecule has 1 fully saturated rings. The van der Waals surface area contributed by atoms with Gasteiger partial charge in [0.25, 0.3) is 0 Å². The minimum absolute atomic E-state index is 0.0339. The molecule has 0 bridgehead atoms. The number of halogens is 1. The van der Waals surface area contributed by atoms with E-state index < -0.39 is 72.0 Å². The van der Waals surface area contributed by atoms with Gasteiger partial charge in [0.05, 0.1) is 0 Å². The van der Waals surface area contributed by atoms with Crippen LogP contribution < -0.4 is 21.3 Å². The summed E-state index contributed by atoms with van der Waals surface area (Å²) in [5.74, 6) is -4.55. The lowest BCUT2D eigenvalue weighted by Crippen LogP contribution is -2.61. The van der Waals surface area contributed by atoms with Crippen molar-refractivity contribution in [1.82, 2.24) is 31.2 Å². The van der Waals surface area contributed by atoms with E-state index in [2.05, 4.69) is 26.3 Å². The predicted molar refractivity (Wildman–Crippen MR) is 210 cm³/mol. The van der Waals surface area contributed by atoms with Crippen LogP contribution in [0.4, 0.5) is 0 Å². The fraction of sp³-hybridized carbons (Fsp3) is 0.366. The van der Waals surface area contributed by atoms with Crippen molar-refractivity contribution in [2.75, 3.05) is 12.4 Å². The van der Waals surface area contributed by atoms with E-state index in [0.717, 1.165) is 27.6 Å². The van der Waals surface area contributed by atoms with E-state index in [1.165, 1.54) is 17.0 Å². The van der Waals surface area contributed by atoms with E-state index >= 15 is 0 Å². The van der Waals surface area contributed by atoms with Crippen LogP contribution in [0.3, 0.4) is 0 Å². The number of hydrogen-bond donors (Lipinski definition) is 7. The largest absolute Gasteiger partial charge is 0.508 e. The molecule has 15 heteroatoms. The summed E-state index contributed by atoms with van der Waals surface area (Å²) in [4.78, 5) is 84.3. The number of aromatic nitrogens is 1. The van der Waals surface area contributed by atoms with E-state index in [0.29, 0.717) is 18.4 Å². The molecule has 4 aromatic rings. The quantitative estimate of drug-likeness (QED) is 0.0789. The van der Waals surface area contributed by atoms with Crippen LogP contribution in [0.2, 0.25) is 0 Å². The summed E-state index contributed by atoms with van der Waals surface area (Å²) >= 11 is 5.68. The van der Waals surface area contributed by atoms with Crippen LogP contribution >= 0.6 is 11.6 Å². The maximum Gasteiger partial charge on any atom is 0.303 e. The molecule has 3 aromatic carbocycles. The average Bonchev–Trinajstić information content (AvgIpc) is 3.61. The van der Waals surface area contributed by atoms with Crippen molar-refractivity contribution in [2.45, 2.75) is 82.6 Å². The summed E-state index contributed by atoms with van der Waals surface area (Å²) in [5, 5.41) is 31.1. The smallest absolute Gasteiger partial charge is 0.303 e. The molecule has 2 heterocycles. The highest BCUT2D eigenvalue weighted by atomic mass is 35.5. The molecule has 7 N–H and O–H groups in total. The number of likely N-dealkylation sites (tertiary alicyclic amines) is 1. The molecule has 5 rings (SSSR count). The number of amides is 5. The number of carboxylic acid groups (broad SMARTS) is 1.